The molecule has 16 heavy (non-hydrogen) atoms. The van der Waals surface area contributed by atoms with Gasteiger partial charge in [0.05, 0.1) is 5.60 Å². The smallest absolute Gasteiger partial charge is 0.0715 e. The Hall–Kier alpha value is -0.380. The fourth-order valence-electron chi connectivity index (χ4n) is 1.60. The molecule has 1 aromatic carbocycles. The normalized spacial score (nSPS) is 13.8. The Bertz CT molecular complexity index is 333. The van der Waals surface area contributed by atoms with Crippen LogP contribution in [0.15, 0.2) is 28.7 Å². The zero-order valence-corrected chi connectivity index (χ0v) is 11.7. The number of aliphatic hydroxyl groups is 1. The molecule has 0 aliphatic carbocycles. The van der Waals surface area contributed by atoms with Gasteiger partial charge in [-0.3, -0.25) is 0 Å². The first-order valence-corrected chi connectivity index (χ1v) is 6.43. The lowest BCUT2D eigenvalue weighted by Gasteiger charge is -2.24. The Labute approximate surface area is 106 Å². The van der Waals surface area contributed by atoms with Crippen molar-refractivity contribution in [2.24, 2.45) is 0 Å². The van der Waals surface area contributed by atoms with E-state index in [4.69, 9.17) is 0 Å². The number of hydrogen-bond acceptors (Lipinski definition) is 2. The molecule has 2 nitrogen and oxygen atoms in total. The summed E-state index contributed by atoms with van der Waals surface area (Å²) in [5, 5.41) is 13.1. The van der Waals surface area contributed by atoms with Crippen molar-refractivity contribution in [1.29, 1.82) is 0 Å². The highest BCUT2D eigenvalue weighted by molar-refractivity contribution is 9.10. The number of rotatable bonds is 5. The lowest BCUT2D eigenvalue weighted by Crippen LogP contribution is -2.36. The Morgan fingerprint density at radius 3 is 2.50 bits per heavy atom. The van der Waals surface area contributed by atoms with Crippen LogP contribution in [-0.4, -0.2) is 17.3 Å². The first kappa shape index (κ1) is 13.7. The van der Waals surface area contributed by atoms with Gasteiger partial charge in [0, 0.05) is 17.1 Å². The van der Waals surface area contributed by atoms with Crippen LogP contribution in [0.5, 0.6) is 0 Å². The van der Waals surface area contributed by atoms with E-state index in [9.17, 15) is 5.11 Å². The highest BCUT2D eigenvalue weighted by Gasteiger charge is 2.17. The zero-order valence-electron chi connectivity index (χ0n) is 10.1. The van der Waals surface area contributed by atoms with Crippen molar-refractivity contribution in [1.82, 2.24) is 5.32 Å². The minimum atomic E-state index is -0.672. The van der Waals surface area contributed by atoms with E-state index in [-0.39, 0.29) is 6.04 Å². The third-order valence-corrected chi connectivity index (χ3v) is 3.19. The average molecular weight is 286 g/mol. The molecule has 0 saturated heterocycles. The summed E-state index contributed by atoms with van der Waals surface area (Å²) in [6, 6.07) is 8.48. The summed E-state index contributed by atoms with van der Waals surface area (Å²) in [5.74, 6) is 0. The van der Waals surface area contributed by atoms with Gasteiger partial charge in [0.1, 0.15) is 0 Å². The Morgan fingerprint density at radius 1 is 1.38 bits per heavy atom. The van der Waals surface area contributed by atoms with Crippen LogP contribution in [0.1, 0.15) is 38.8 Å². The minimum Gasteiger partial charge on any atom is -0.389 e. The maximum atomic E-state index is 9.70. The molecule has 0 aromatic heterocycles. The molecule has 0 aliphatic heterocycles. The topological polar surface area (TPSA) is 32.3 Å². The van der Waals surface area contributed by atoms with Gasteiger partial charge in [-0.15, -0.1) is 0 Å². The molecule has 0 aliphatic rings. The van der Waals surface area contributed by atoms with Crippen molar-refractivity contribution in [3.05, 3.63) is 34.3 Å². The number of halogens is 1. The van der Waals surface area contributed by atoms with Gasteiger partial charge in [0.25, 0.3) is 0 Å². The summed E-state index contributed by atoms with van der Waals surface area (Å²) < 4.78 is 1.12. The van der Waals surface area contributed by atoms with Crippen molar-refractivity contribution >= 4 is 15.9 Å². The molecule has 1 rings (SSSR count). The van der Waals surface area contributed by atoms with Crippen LogP contribution in [0.25, 0.3) is 0 Å². The molecule has 1 unspecified atom stereocenters. The van der Waals surface area contributed by atoms with Crippen LogP contribution in [0.3, 0.4) is 0 Å². The third kappa shape index (κ3) is 4.24. The second kappa shape index (κ2) is 5.80. The van der Waals surface area contributed by atoms with Crippen molar-refractivity contribution in [3.63, 3.8) is 0 Å². The first-order chi connectivity index (χ1) is 7.44. The molecule has 0 spiro atoms. The van der Waals surface area contributed by atoms with Gasteiger partial charge in [-0.1, -0.05) is 41.1 Å². The van der Waals surface area contributed by atoms with Gasteiger partial charge in [-0.25, -0.2) is 0 Å². The number of nitrogens with one attached hydrogen (secondary N) is 1. The predicted octanol–water partition coefficient (Wildman–Crippen LogP) is 3.26. The van der Waals surface area contributed by atoms with E-state index >= 15 is 0 Å². The summed E-state index contributed by atoms with van der Waals surface area (Å²) in [4.78, 5) is 0. The summed E-state index contributed by atoms with van der Waals surface area (Å²) in [6.45, 7) is 6.35. The quantitative estimate of drug-likeness (QED) is 0.870. The second-order valence-electron chi connectivity index (χ2n) is 4.68. The largest absolute Gasteiger partial charge is 0.389 e. The highest BCUT2D eigenvalue weighted by Crippen LogP contribution is 2.25. The second-order valence-corrected chi connectivity index (χ2v) is 5.53. The molecule has 3 heteroatoms. The van der Waals surface area contributed by atoms with Crippen LogP contribution in [0.2, 0.25) is 0 Å². The summed E-state index contributed by atoms with van der Waals surface area (Å²) in [5.41, 5.74) is 0.573. The summed E-state index contributed by atoms with van der Waals surface area (Å²) in [7, 11) is 0. The lowest BCUT2D eigenvalue weighted by atomic mass is 10.0. The van der Waals surface area contributed by atoms with E-state index in [1.54, 1.807) is 0 Å². The molecule has 0 bridgehead atoms. The van der Waals surface area contributed by atoms with Crippen molar-refractivity contribution in [2.45, 2.75) is 38.8 Å². The summed E-state index contributed by atoms with van der Waals surface area (Å²) >= 11 is 3.56. The molecule has 1 aromatic rings. The fraction of sp³-hybridized carbons (Fsp3) is 0.538. The van der Waals surface area contributed by atoms with Crippen LogP contribution >= 0.6 is 15.9 Å². The molecule has 0 saturated carbocycles. The first-order valence-electron chi connectivity index (χ1n) is 5.64. The average Bonchev–Trinajstić information content (AvgIpc) is 2.20. The highest BCUT2D eigenvalue weighted by atomic mass is 79.9. The fourth-order valence-corrected chi connectivity index (χ4v) is 2.17. The number of benzene rings is 1. The van der Waals surface area contributed by atoms with Crippen LogP contribution in [0, 0.1) is 0 Å². The maximum Gasteiger partial charge on any atom is 0.0715 e. The van der Waals surface area contributed by atoms with E-state index in [2.05, 4.69) is 34.2 Å². The molecule has 0 amide bonds. The number of hydrogen-bond donors (Lipinski definition) is 2. The molecule has 1 atom stereocenters. The molecule has 90 valence electrons. The maximum absolute atomic E-state index is 9.70. The van der Waals surface area contributed by atoms with Crippen LogP contribution in [0.4, 0.5) is 0 Å². The molecular weight excluding hydrogens is 266 g/mol. The SMILES string of the molecule is CCC(NCC(C)(C)O)c1ccccc1Br. The summed E-state index contributed by atoms with van der Waals surface area (Å²) in [6.07, 6.45) is 0.999. The molecule has 2 N–H and O–H groups in total. The standard InChI is InChI=1S/C13H20BrNO/c1-4-12(15-9-13(2,3)16)10-7-5-6-8-11(10)14/h5-8,12,15-16H,4,9H2,1-3H3. The van der Waals surface area contributed by atoms with Gasteiger partial charge in [0.2, 0.25) is 0 Å². The van der Waals surface area contributed by atoms with Gasteiger partial charge in [0.15, 0.2) is 0 Å². The van der Waals surface area contributed by atoms with Crippen LogP contribution in [-0.2, 0) is 0 Å². The molecule has 0 radical (unpaired) electrons. The molecular formula is C13H20BrNO. The Morgan fingerprint density at radius 2 is 2.00 bits per heavy atom. The van der Waals surface area contributed by atoms with Gasteiger partial charge in [-0.05, 0) is 31.9 Å². The zero-order chi connectivity index (χ0) is 12.2. The molecule has 0 fully saturated rings. The van der Waals surface area contributed by atoms with E-state index < -0.39 is 5.60 Å². The Balaban J connectivity index is 2.72. The van der Waals surface area contributed by atoms with Crippen molar-refractivity contribution < 1.29 is 5.11 Å². The van der Waals surface area contributed by atoms with Crippen molar-refractivity contribution in [2.75, 3.05) is 6.54 Å². The van der Waals surface area contributed by atoms with Gasteiger partial charge in [-0.2, -0.15) is 0 Å². The van der Waals surface area contributed by atoms with Crippen molar-refractivity contribution in [3.8, 4) is 0 Å². The van der Waals surface area contributed by atoms with Gasteiger partial charge >= 0.3 is 0 Å². The molecule has 0 heterocycles. The van der Waals surface area contributed by atoms with E-state index in [0.717, 1.165) is 10.9 Å². The van der Waals surface area contributed by atoms with Crippen LogP contribution < -0.4 is 5.32 Å². The predicted molar refractivity (Wildman–Crippen MR) is 71.5 cm³/mol. The van der Waals surface area contributed by atoms with E-state index in [1.807, 2.05) is 32.0 Å². The Kier molecular flexibility index (Phi) is 4.96. The minimum absolute atomic E-state index is 0.280. The van der Waals surface area contributed by atoms with E-state index in [0.29, 0.717) is 6.54 Å². The monoisotopic (exact) mass is 285 g/mol. The van der Waals surface area contributed by atoms with Gasteiger partial charge < -0.3 is 10.4 Å². The third-order valence-electron chi connectivity index (χ3n) is 2.47. The lowest BCUT2D eigenvalue weighted by molar-refractivity contribution is 0.0761. The van der Waals surface area contributed by atoms with E-state index in [1.165, 1.54) is 5.56 Å².